The lowest BCUT2D eigenvalue weighted by Crippen LogP contribution is -2.24. The second-order valence-electron chi connectivity index (χ2n) is 11.3. The zero-order valence-corrected chi connectivity index (χ0v) is 23.8. The van der Waals surface area contributed by atoms with Crippen LogP contribution in [0.15, 0.2) is 71.4 Å². The number of fused-ring (bicyclic) bond motifs is 2. The van der Waals surface area contributed by atoms with Crippen molar-refractivity contribution in [2.75, 3.05) is 12.1 Å². The molecule has 0 saturated heterocycles. The molecule has 0 bridgehead atoms. The Labute approximate surface area is 238 Å². The maximum atomic E-state index is 13.7. The standard InChI is InChI=1S/C33H32N4O4/c1-19-30(20(2)41-37-19)22-11-12-23-27(15-22)34-17-24(31(23)36-26-9-7-6-8-25(26)33(3,4)5)32(38)35-16-21-10-13-28-29(14-21)40-18-39-28/h6-15,17H,16,18H2,1-5H3,(H,34,36)(H,35,38). The van der Waals surface area contributed by atoms with Gasteiger partial charge in [0.15, 0.2) is 11.5 Å². The van der Waals surface area contributed by atoms with E-state index in [2.05, 4.69) is 42.6 Å². The summed E-state index contributed by atoms with van der Waals surface area (Å²) in [6.07, 6.45) is 1.64. The second-order valence-corrected chi connectivity index (χ2v) is 11.3. The minimum atomic E-state index is -0.234. The van der Waals surface area contributed by atoms with Crippen molar-refractivity contribution >= 4 is 28.2 Å². The lowest BCUT2D eigenvalue weighted by molar-refractivity contribution is 0.0951. The molecule has 8 nitrogen and oxygen atoms in total. The number of hydrogen-bond acceptors (Lipinski definition) is 7. The number of aryl methyl sites for hydroxylation is 2. The first-order valence-corrected chi connectivity index (χ1v) is 13.6. The first-order valence-electron chi connectivity index (χ1n) is 13.6. The van der Waals surface area contributed by atoms with Crippen molar-refractivity contribution in [3.8, 4) is 22.6 Å². The Morgan fingerprint density at radius 3 is 2.56 bits per heavy atom. The average molecular weight is 549 g/mol. The van der Waals surface area contributed by atoms with E-state index in [0.29, 0.717) is 29.3 Å². The van der Waals surface area contributed by atoms with E-state index in [9.17, 15) is 4.79 Å². The van der Waals surface area contributed by atoms with Crippen LogP contribution < -0.4 is 20.1 Å². The highest BCUT2D eigenvalue weighted by Crippen LogP contribution is 2.37. The predicted molar refractivity (Wildman–Crippen MR) is 159 cm³/mol. The highest BCUT2D eigenvalue weighted by Gasteiger charge is 2.22. The van der Waals surface area contributed by atoms with Crippen LogP contribution in [0.4, 0.5) is 11.4 Å². The summed E-state index contributed by atoms with van der Waals surface area (Å²) < 4.78 is 16.3. The second kappa shape index (κ2) is 10.3. The Balaban J connectivity index is 1.40. The molecule has 1 aliphatic rings. The van der Waals surface area contributed by atoms with Crippen LogP contribution in [0, 0.1) is 13.8 Å². The minimum Gasteiger partial charge on any atom is -0.454 e. The number of benzene rings is 3. The van der Waals surface area contributed by atoms with Gasteiger partial charge >= 0.3 is 0 Å². The van der Waals surface area contributed by atoms with Gasteiger partial charge in [-0.15, -0.1) is 0 Å². The first-order chi connectivity index (χ1) is 19.7. The molecule has 5 aromatic rings. The van der Waals surface area contributed by atoms with Crippen molar-refractivity contribution in [1.29, 1.82) is 0 Å². The summed E-state index contributed by atoms with van der Waals surface area (Å²) in [6, 6.07) is 19.9. The molecule has 41 heavy (non-hydrogen) atoms. The summed E-state index contributed by atoms with van der Waals surface area (Å²) >= 11 is 0. The molecule has 0 fully saturated rings. The van der Waals surface area contributed by atoms with E-state index in [-0.39, 0.29) is 18.1 Å². The fourth-order valence-corrected chi connectivity index (χ4v) is 5.26. The molecule has 2 N–H and O–H groups in total. The van der Waals surface area contributed by atoms with Crippen molar-refractivity contribution < 1.29 is 18.8 Å². The molecule has 0 radical (unpaired) electrons. The number of hydrogen-bond donors (Lipinski definition) is 2. The van der Waals surface area contributed by atoms with Crippen LogP contribution in [-0.2, 0) is 12.0 Å². The molecule has 3 aromatic carbocycles. The first kappa shape index (κ1) is 26.4. The fourth-order valence-electron chi connectivity index (χ4n) is 5.26. The lowest BCUT2D eigenvalue weighted by Gasteiger charge is -2.24. The summed E-state index contributed by atoms with van der Waals surface area (Å²) in [5, 5.41) is 11.6. The molecule has 6 rings (SSSR count). The van der Waals surface area contributed by atoms with Gasteiger partial charge in [-0.1, -0.05) is 62.3 Å². The van der Waals surface area contributed by atoms with Crippen molar-refractivity contribution in [3.05, 3.63) is 95.0 Å². The molecule has 1 amide bonds. The summed E-state index contributed by atoms with van der Waals surface area (Å²) in [7, 11) is 0. The van der Waals surface area contributed by atoms with Crippen molar-refractivity contribution in [1.82, 2.24) is 15.5 Å². The van der Waals surface area contributed by atoms with Crippen LogP contribution in [0.1, 0.15) is 53.7 Å². The zero-order valence-electron chi connectivity index (χ0n) is 23.8. The van der Waals surface area contributed by atoms with Gasteiger partial charge in [0.1, 0.15) is 5.76 Å². The van der Waals surface area contributed by atoms with Gasteiger partial charge in [-0.2, -0.15) is 0 Å². The zero-order chi connectivity index (χ0) is 28.7. The minimum absolute atomic E-state index is 0.106. The number of ether oxygens (including phenoxy) is 2. The van der Waals surface area contributed by atoms with Crippen molar-refractivity contribution in [2.24, 2.45) is 0 Å². The molecule has 0 spiro atoms. The van der Waals surface area contributed by atoms with E-state index in [4.69, 9.17) is 19.0 Å². The number of rotatable bonds is 6. The number of aromatic nitrogens is 2. The number of amides is 1. The number of carbonyl (C=O) groups is 1. The van der Waals surface area contributed by atoms with E-state index < -0.39 is 0 Å². The molecule has 0 atom stereocenters. The predicted octanol–water partition coefficient (Wildman–Crippen LogP) is 7.21. The van der Waals surface area contributed by atoms with E-state index in [0.717, 1.165) is 50.3 Å². The Morgan fingerprint density at radius 1 is 0.976 bits per heavy atom. The number of pyridine rings is 1. The van der Waals surface area contributed by atoms with Gasteiger partial charge in [0.2, 0.25) is 6.79 Å². The highest BCUT2D eigenvalue weighted by molar-refractivity contribution is 6.08. The Morgan fingerprint density at radius 2 is 1.78 bits per heavy atom. The topological polar surface area (TPSA) is 98.5 Å². The Kier molecular flexibility index (Phi) is 6.61. The summed E-state index contributed by atoms with van der Waals surface area (Å²) in [5.41, 5.74) is 7.51. The third-order valence-electron chi connectivity index (χ3n) is 7.32. The fraction of sp³-hybridized carbons (Fsp3) is 0.242. The van der Waals surface area contributed by atoms with Gasteiger partial charge in [-0.3, -0.25) is 9.78 Å². The summed E-state index contributed by atoms with van der Waals surface area (Å²) in [4.78, 5) is 18.4. The third kappa shape index (κ3) is 5.09. The Bertz CT molecular complexity index is 1770. The summed E-state index contributed by atoms with van der Waals surface area (Å²) in [5.74, 6) is 1.90. The molecule has 1 aliphatic heterocycles. The van der Waals surface area contributed by atoms with Gasteiger partial charge in [-0.25, -0.2) is 0 Å². The van der Waals surface area contributed by atoms with Gasteiger partial charge in [0, 0.05) is 29.4 Å². The van der Waals surface area contributed by atoms with Crippen LogP contribution in [-0.4, -0.2) is 22.8 Å². The van der Waals surface area contributed by atoms with Crippen LogP contribution in [0.3, 0.4) is 0 Å². The van der Waals surface area contributed by atoms with Gasteiger partial charge in [0.25, 0.3) is 5.91 Å². The van der Waals surface area contributed by atoms with E-state index in [1.54, 1.807) is 6.20 Å². The number of carbonyl (C=O) groups excluding carboxylic acids is 1. The van der Waals surface area contributed by atoms with Crippen LogP contribution >= 0.6 is 0 Å². The molecule has 0 saturated carbocycles. The molecular weight excluding hydrogens is 516 g/mol. The van der Waals surface area contributed by atoms with Crippen LogP contribution in [0.2, 0.25) is 0 Å². The number of anilines is 2. The lowest BCUT2D eigenvalue weighted by atomic mass is 9.85. The van der Waals surface area contributed by atoms with Gasteiger partial charge in [0.05, 0.1) is 22.5 Å². The number of para-hydroxylation sites is 1. The molecular formula is C33H32N4O4. The smallest absolute Gasteiger partial charge is 0.255 e. The average Bonchev–Trinajstić information content (AvgIpc) is 3.56. The maximum absolute atomic E-state index is 13.7. The summed E-state index contributed by atoms with van der Waals surface area (Å²) in [6.45, 7) is 10.9. The molecule has 208 valence electrons. The maximum Gasteiger partial charge on any atom is 0.255 e. The third-order valence-corrected chi connectivity index (χ3v) is 7.32. The van der Waals surface area contributed by atoms with E-state index in [1.165, 1.54) is 0 Å². The van der Waals surface area contributed by atoms with E-state index in [1.807, 2.05) is 68.4 Å². The molecule has 3 heterocycles. The van der Waals surface area contributed by atoms with E-state index >= 15 is 0 Å². The molecule has 2 aromatic heterocycles. The van der Waals surface area contributed by atoms with Crippen LogP contribution in [0.25, 0.3) is 22.0 Å². The normalized spacial score (nSPS) is 12.5. The monoisotopic (exact) mass is 548 g/mol. The van der Waals surface area contributed by atoms with Crippen molar-refractivity contribution in [3.63, 3.8) is 0 Å². The van der Waals surface area contributed by atoms with Crippen molar-refractivity contribution in [2.45, 2.75) is 46.6 Å². The molecule has 0 aliphatic carbocycles. The highest BCUT2D eigenvalue weighted by atomic mass is 16.7. The molecule has 8 heteroatoms. The SMILES string of the molecule is Cc1noc(C)c1-c1ccc2c(Nc3ccccc3C(C)(C)C)c(C(=O)NCc3ccc4c(c3)OCO4)cnc2c1. The number of nitrogens with one attached hydrogen (secondary N) is 2. The molecule has 0 unspecified atom stereocenters. The van der Waals surface area contributed by atoms with Gasteiger partial charge < -0.3 is 24.6 Å². The number of nitrogens with zero attached hydrogens (tertiary/aromatic N) is 2. The Hall–Kier alpha value is -4.85. The quantitative estimate of drug-likeness (QED) is 0.231. The van der Waals surface area contributed by atoms with Gasteiger partial charge in [-0.05, 0) is 60.2 Å². The van der Waals surface area contributed by atoms with Crippen LogP contribution in [0.5, 0.6) is 11.5 Å². The largest absolute Gasteiger partial charge is 0.454 e.